The first-order valence-electron chi connectivity index (χ1n) is 7.06. The summed E-state index contributed by atoms with van der Waals surface area (Å²) >= 11 is 0. The maximum atomic E-state index is 12.8. The first kappa shape index (κ1) is 16.6. The van der Waals surface area contributed by atoms with Crippen molar-refractivity contribution < 1.29 is 18.4 Å². The van der Waals surface area contributed by atoms with E-state index < -0.39 is 11.6 Å². The number of carbonyl (C=O) groups is 2. The molecule has 23 heavy (non-hydrogen) atoms. The van der Waals surface area contributed by atoms with Gasteiger partial charge in [-0.25, -0.2) is 8.78 Å². The summed E-state index contributed by atoms with van der Waals surface area (Å²) in [6.07, 6.45) is 0. The van der Waals surface area contributed by atoms with Crippen LogP contribution >= 0.6 is 0 Å². The van der Waals surface area contributed by atoms with Crippen LogP contribution in [0.1, 0.15) is 27.6 Å². The lowest BCUT2D eigenvalue weighted by atomic mass is 10.2. The van der Waals surface area contributed by atoms with E-state index in [0.717, 1.165) is 0 Å². The number of hydrogen-bond acceptors (Lipinski definition) is 2. The van der Waals surface area contributed by atoms with Gasteiger partial charge in [-0.15, -0.1) is 0 Å². The number of halogens is 2. The molecule has 0 saturated carbocycles. The molecule has 2 aromatic carbocycles. The van der Waals surface area contributed by atoms with Crippen LogP contribution in [0.25, 0.3) is 0 Å². The molecule has 2 N–H and O–H groups in total. The Morgan fingerprint density at radius 1 is 0.870 bits per heavy atom. The summed E-state index contributed by atoms with van der Waals surface area (Å²) in [7, 11) is 0. The van der Waals surface area contributed by atoms with Crippen LogP contribution in [-0.4, -0.2) is 24.4 Å². The Morgan fingerprint density at radius 2 is 1.30 bits per heavy atom. The summed E-state index contributed by atoms with van der Waals surface area (Å²) in [5.74, 6) is -1.54. The monoisotopic (exact) mass is 318 g/mol. The Hall–Kier alpha value is -2.76. The number of nitrogens with one attached hydrogen (secondary N) is 2. The van der Waals surface area contributed by atoms with Crippen LogP contribution in [-0.2, 0) is 0 Å². The van der Waals surface area contributed by atoms with Crippen LogP contribution in [0.2, 0.25) is 0 Å². The second kappa shape index (κ2) is 7.49. The lowest BCUT2D eigenvalue weighted by Gasteiger charge is -2.15. The third kappa shape index (κ3) is 4.88. The maximum absolute atomic E-state index is 12.8. The number of rotatable bonds is 5. The first-order chi connectivity index (χ1) is 11.0. The van der Waals surface area contributed by atoms with Crippen molar-refractivity contribution in [2.45, 2.75) is 13.0 Å². The molecule has 0 heterocycles. The number of benzene rings is 2. The third-order valence-corrected chi connectivity index (χ3v) is 3.16. The fourth-order valence-electron chi connectivity index (χ4n) is 1.91. The van der Waals surface area contributed by atoms with Gasteiger partial charge in [0.2, 0.25) is 0 Å². The topological polar surface area (TPSA) is 58.2 Å². The summed E-state index contributed by atoms with van der Waals surface area (Å²) in [5, 5.41) is 5.34. The molecule has 1 atom stereocenters. The minimum absolute atomic E-state index is 0.211. The van der Waals surface area contributed by atoms with Crippen LogP contribution in [0, 0.1) is 11.6 Å². The Bertz CT molecular complexity index is 685. The molecule has 2 rings (SSSR count). The van der Waals surface area contributed by atoms with Gasteiger partial charge in [0.05, 0.1) is 0 Å². The summed E-state index contributed by atoms with van der Waals surface area (Å²) in [6, 6.07) is 10.0. The Labute approximate surface area is 132 Å². The van der Waals surface area contributed by atoms with Gasteiger partial charge in [0, 0.05) is 23.7 Å². The molecule has 6 heteroatoms. The van der Waals surface area contributed by atoms with E-state index in [9.17, 15) is 18.4 Å². The fraction of sp³-hybridized carbons (Fsp3) is 0.176. The van der Waals surface area contributed by atoms with Crippen molar-refractivity contribution in [3.05, 3.63) is 71.3 Å². The lowest BCUT2D eigenvalue weighted by molar-refractivity contribution is 0.0912. The molecule has 0 fully saturated rings. The summed E-state index contributed by atoms with van der Waals surface area (Å²) in [6.45, 7) is 1.94. The van der Waals surface area contributed by atoms with Crippen LogP contribution < -0.4 is 10.6 Å². The molecule has 120 valence electrons. The highest BCUT2D eigenvalue weighted by Gasteiger charge is 2.12. The quantitative estimate of drug-likeness (QED) is 0.890. The highest BCUT2D eigenvalue weighted by atomic mass is 19.1. The Morgan fingerprint density at radius 3 is 1.78 bits per heavy atom. The number of amides is 2. The lowest BCUT2D eigenvalue weighted by Crippen LogP contribution is -2.41. The van der Waals surface area contributed by atoms with Crippen LogP contribution in [0.15, 0.2) is 48.5 Å². The Balaban J connectivity index is 1.83. The minimum atomic E-state index is -0.416. The fourth-order valence-corrected chi connectivity index (χ4v) is 1.91. The van der Waals surface area contributed by atoms with Gasteiger partial charge >= 0.3 is 0 Å². The molecule has 0 aliphatic carbocycles. The van der Waals surface area contributed by atoms with E-state index in [1.165, 1.54) is 48.5 Å². The van der Waals surface area contributed by atoms with E-state index in [4.69, 9.17) is 0 Å². The summed E-state index contributed by atoms with van der Waals surface area (Å²) < 4.78 is 25.6. The molecular weight excluding hydrogens is 302 g/mol. The van der Waals surface area contributed by atoms with Gasteiger partial charge < -0.3 is 10.6 Å². The first-order valence-corrected chi connectivity index (χ1v) is 7.06. The van der Waals surface area contributed by atoms with Crippen molar-refractivity contribution in [2.24, 2.45) is 0 Å². The van der Waals surface area contributed by atoms with Gasteiger partial charge in [-0.2, -0.15) is 0 Å². The van der Waals surface area contributed by atoms with Crippen molar-refractivity contribution >= 4 is 11.8 Å². The van der Waals surface area contributed by atoms with Crippen molar-refractivity contribution in [1.82, 2.24) is 10.6 Å². The molecule has 2 aromatic rings. The molecule has 0 radical (unpaired) electrons. The van der Waals surface area contributed by atoms with Crippen LogP contribution in [0.5, 0.6) is 0 Å². The van der Waals surface area contributed by atoms with E-state index in [1.807, 2.05) is 0 Å². The van der Waals surface area contributed by atoms with Gasteiger partial charge in [0.1, 0.15) is 11.6 Å². The Kier molecular flexibility index (Phi) is 5.41. The molecule has 4 nitrogen and oxygen atoms in total. The molecule has 0 aromatic heterocycles. The van der Waals surface area contributed by atoms with Gasteiger partial charge in [0.25, 0.3) is 11.8 Å². The minimum Gasteiger partial charge on any atom is -0.350 e. The number of hydrogen-bond donors (Lipinski definition) is 2. The van der Waals surface area contributed by atoms with Crippen molar-refractivity contribution in [2.75, 3.05) is 6.54 Å². The van der Waals surface area contributed by atoms with E-state index >= 15 is 0 Å². The second-order valence-corrected chi connectivity index (χ2v) is 5.10. The van der Waals surface area contributed by atoms with E-state index in [1.54, 1.807) is 6.92 Å². The van der Waals surface area contributed by atoms with Crippen molar-refractivity contribution in [3.63, 3.8) is 0 Å². The molecule has 1 unspecified atom stereocenters. The zero-order valence-electron chi connectivity index (χ0n) is 12.5. The van der Waals surface area contributed by atoms with Gasteiger partial charge in [0.15, 0.2) is 0 Å². The smallest absolute Gasteiger partial charge is 0.251 e. The largest absolute Gasteiger partial charge is 0.350 e. The van der Waals surface area contributed by atoms with E-state index in [0.29, 0.717) is 11.1 Å². The molecule has 0 saturated heterocycles. The van der Waals surface area contributed by atoms with Gasteiger partial charge in [-0.3, -0.25) is 9.59 Å². The van der Waals surface area contributed by atoms with Crippen molar-refractivity contribution in [1.29, 1.82) is 0 Å². The van der Waals surface area contributed by atoms with Crippen LogP contribution in [0.3, 0.4) is 0 Å². The molecule has 0 aliphatic rings. The predicted molar refractivity (Wildman–Crippen MR) is 82.1 cm³/mol. The third-order valence-electron chi connectivity index (χ3n) is 3.16. The SMILES string of the molecule is CC(CNC(=O)c1ccc(F)cc1)NC(=O)c1ccc(F)cc1. The number of carbonyl (C=O) groups excluding carboxylic acids is 2. The van der Waals surface area contributed by atoms with Gasteiger partial charge in [-0.05, 0) is 55.5 Å². The molecule has 2 amide bonds. The molecule has 0 aliphatic heterocycles. The summed E-state index contributed by atoms with van der Waals surface area (Å²) in [4.78, 5) is 23.8. The molecule has 0 spiro atoms. The van der Waals surface area contributed by atoms with Crippen molar-refractivity contribution in [3.8, 4) is 0 Å². The standard InChI is InChI=1S/C17H16F2N2O2/c1-11(21-17(23)13-4-8-15(19)9-5-13)10-20-16(22)12-2-6-14(18)7-3-12/h2-9,11H,10H2,1H3,(H,20,22)(H,21,23). The molecule has 0 bridgehead atoms. The predicted octanol–water partition coefficient (Wildman–Crippen LogP) is 2.51. The van der Waals surface area contributed by atoms with Gasteiger partial charge in [-0.1, -0.05) is 0 Å². The zero-order chi connectivity index (χ0) is 16.8. The van der Waals surface area contributed by atoms with Crippen LogP contribution in [0.4, 0.5) is 8.78 Å². The van der Waals surface area contributed by atoms with E-state index in [-0.39, 0.29) is 24.4 Å². The zero-order valence-corrected chi connectivity index (χ0v) is 12.5. The van der Waals surface area contributed by atoms with E-state index in [2.05, 4.69) is 10.6 Å². The maximum Gasteiger partial charge on any atom is 0.251 e. The second-order valence-electron chi connectivity index (χ2n) is 5.10. The molecular formula is C17H16F2N2O2. The average molecular weight is 318 g/mol. The average Bonchev–Trinajstić information content (AvgIpc) is 2.54. The highest BCUT2D eigenvalue weighted by Crippen LogP contribution is 2.04. The normalized spacial score (nSPS) is 11.6. The summed E-state index contributed by atoms with van der Waals surface area (Å²) in [5.41, 5.74) is 0.673. The highest BCUT2D eigenvalue weighted by molar-refractivity contribution is 5.95.